The molecule has 2 rings (SSSR count). The lowest BCUT2D eigenvalue weighted by molar-refractivity contribution is 0.0778. The summed E-state index contributed by atoms with van der Waals surface area (Å²) in [6.07, 6.45) is 4.11. The number of carbonyl (C=O) groups excluding carboxylic acids is 1. The molecule has 1 fully saturated rings. The Hall–Kier alpha value is -1.84. The lowest BCUT2D eigenvalue weighted by Crippen LogP contribution is -2.34. The number of amides is 1. The van der Waals surface area contributed by atoms with E-state index in [2.05, 4.69) is 16.5 Å². The predicted octanol–water partition coefficient (Wildman–Crippen LogP) is 2.72. The third kappa shape index (κ3) is 3.18. The number of anilines is 1. The summed E-state index contributed by atoms with van der Waals surface area (Å²) in [6, 6.07) is 3.71. The molecule has 0 aliphatic carbocycles. The SMILES string of the molecule is C=C(C)CN(CC)C(=O)c1cccnc1N1CCCC1. The number of rotatable bonds is 5. The second kappa shape index (κ2) is 6.55. The molecule has 0 N–H and O–H groups in total. The van der Waals surface area contributed by atoms with Crippen LogP contribution in [0.5, 0.6) is 0 Å². The molecule has 4 heteroatoms. The van der Waals surface area contributed by atoms with Gasteiger partial charge in [0.05, 0.1) is 5.56 Å². The summed E-state index contributed by atoms with van der Waals surface area (Å²) in [5.74, 6) is 0.876. The van der Waals surface area contributed by atoms with E-state index in [1.807, 2.05) is 30.9 Å². The first-order valence-corrected chi connectivity index (χ1v) is 7.27. The van der Waals surface area contributed by atoms with Crippen LogP contribution in [0.1, 0.15) is 37.0 Å². The molecule has 0 aromatic carbocycles. The van der Waals surface area contributed by atoms with Crippen LogP contribution in [0.3, 0.4) is 0 Å². The second-order valence-electron chi connectivity index (χ2n) is 5.35. The maximum atomic E-state index is 12.7. The number of aromatic nitrogens is 1. The quantitative estimate of drug-likeness (QED) is 0.774. The van der Waals surface area contributed by atoms with Crippen molar-refractivity contribution in [3.05, 3.63) is 36.0 Å². The van der Waals surface area contributed by atoms with Crippen LogP contribution < -0.4 is 4.90 Å². The zero-order valence-electron chi connectivity index (χ0n) is 12.4. The van der Waals surface area contributed by atoms with Crippen LogP contribution in [0.2, 0.25) is 0 Å². The summed E-state index contributed by atoms with van der Waals surface area (Å²) < 4.78 is 0. The Morgan fingerprint density at radius 3 is 2.75 bits per heavy atom. The Kier molecular flexibility index (Phi) is 4.77. The second-order valence-corrected chi connectivity index (χ2v) is 5.35. The van der Waals surface area contributed by atoms with Crippen molar-refractivity contribution in [2.75, 3.05) is 31.1 Å². The molecule has 1 amide bonds. The topological polar surface area (TPSA) is 36.4 Å². The van der Waals surface area contributed by atoms with Crippen molar-refractivity contribution in [3.63, 3.8) is 0 Å². The number of carbonyl (C=O) groups is 1. The van der Waals surface area contributed by atoms with Gasteiger partial charge in [0.25, 0.3) is 5.91 Å². The third-order valence-electron chi connectivity index (χ3n) is 3.55. The lowest BCUT2D eigenvalue weighted by Gasteiger charge is -2.24. The Balaban J connectivity index is 2.26. The highest BCUT2D eigenvalue weighted by Gasteiger charge is 2.23. The normalized spacial score (nSPS) is 14.4. The Bertz CT molecular complexity index is 492. The van der Waals surface area contributed by atoms with Gasteiger partial charge in [0.15, 0.2) is 0 Å². The summed E-state index contributed by atoms with van der Waals surface area (Å²) in [7, 11) is 0. The third-order valence-corrected chi connectivity index (χ3v) is 3.55. The van der Waals surface area contributed by atoms with Crippen LogP contribution in [0, 0.1) is 0 Å². The molecule has 2 heterocycles. The zero-order chi connectivity index (χ0) is 14.5. The summed E-state index contributed by atoms with van der Waals surface area (Å²) in [6.45, 7) is 11.1. The van der Waals surface area contributed by atoms with E-state index in [1.165, 1.54) is 12.8 Å². The van der Waals surface area contributed by atoms with E-state index in [-0.39, 0.29) is 5.91 Å². The lowest BCUT2D eigenvalue weighted by atomic mass is 10.2. The fraction of sp³-hybridized carbons (Fsp3) is 0.500. The van der Waals surface area contributed by atoms with Crippen LogP contribution >= 0.6 is 0 Å². The molecule has 0 unspecified atom stereocenters. The van der Waals surface area contributed by atoms with E-state index in [9.17, 15) is 4.79 Å². The van der Waals surface area contributed by atoms with Gasteiger partial charge in [0.1, 0.15) is 5.82 Å². The van der Waals surface area contributed by atoms with Crippen molar-refractivity contribution in [1.82, 2.24) is 9.88 Å². The standard InChI is InChI=1S/C16H23N3O/c1-4-18(12-13(2)3)16(20)14-8-7-9-17-15(14)19-10-5-6-11-19/h7-9H,2,4-6,10-12H2,1,3H3. The van der Waals surface area contributed by atoms with Crippen molar-refractivity contribution < 1.29 is 4.79 Å². The van der Waals surface area contributed by atoms with Gasteiger partial charge in [-0.3, -0.25) is 4.79 Å². The minimum atomic E-state index is 0.0468. The molecule has 0 radical (unpaired) electrons. The monoisotopic (exact) mass is 273 g/mol. The van der Waals surface area contributed by atoms with Gasteiger partial charge in [-0.2, -0.15) is 0 Å². The highest BCUT2D eigenvalue weighted by molar-refractivity contribution is 5.99. The smallest absolute Gasteiger partial charge is 0.257 e. The zero-order valence-corrected chi connectivity index (χ0v) is 12.4. The van der Waals surface area contributed by atoms with E-state index in [0.717, 1.165) is 24.5 Å². The van der Waals surface area contributed by atoms with E-state index < -0.39 is 0 Å². The molecule has 0 saturated carbocycles. The fourth-order valence-electron chi connectivity index (χ4n) is 2.57. The molecule has 0 atom stereocenters. The Morgan fingerprint density at radius 2 is 2.15 bits per heavy atom. The summed E-state index contributed by atoms with van der Waals surface area (Å²) in [5, 5.41) is 0. The number of pyridine rings is 1. The first kappa shape index (κ1) is 14.6. The van der Waals surface area contributed by atoms with Gasteiger partial charge < -0.3 is 9.80 Å². The minimum absolute atomic E-state index is 0.0468. The van der Waals surface area contributed by atoms with E-state index in [4.69, 9.17) is 0 Å². The Morgan fingerprint density at radius 1 is 1.45 bits per heavy atom. The maximum absolute atomic E-state index is 12.7. The van der Waals surface area contributed by atoms with Crippen molar-refractivity contribution in [3.8, 4) is 0 Å². The van der Waals surface area contributed by atoms with Crippen molar-refractivity contribution in [2.45, 2.75) is 26.7 Å². The summed E-state index contributed by atoms with van der Waals surface area (Å²) in [5.41, 5.74) is 1.70. The van der Waals surface area contributed by atoms with Crippen LogP contribution in [-0.2, 0) is 0 Å². The molecule has 20 heavy (non-hydrogen) atoms. The highest BCUT2D eigenvalue weighted by Crippen LogP contribution is 2.23. The fourth-order valence-corrected chi connectivity index (χ4v) is 2.57. The molecule has 4 nitrogen and oxygen atoms in total. The summed E-state index contributed by atoms with van der Waals surface area (Å²) in [4.78, 5) is 21.2. The van der Waals surface area contributed by atoms with Gasteiger partial charge in [-0.05, 0) is 38.8 Å². The van der Waals surface area contributed by atoms with Crippen molar-refractivity contribution >= 4 is 11.7 Å². The maximum Gasteiger partial charge on any atom is 0.257 e. The molecular weight excluding hydrogens is 250 g/mol. The largest absolute Gasteiger partial charge is 0.356 e. The highest BCUT2D eigenvalue weighted by atomic mass is 16.2. The molecule has 1 aliphatic heterocycles. The van der Waals surface area contributed by atoms with Crippen molar-refractivity contribution in [1.29, 1.82) is 0 Å². The average molecular weight is 273 g/mol. The first-order valence-electron chi connectivity index (χ1n) is 7.27. The van der Waals surface area contributed by atoms with Crippen LogP contribution in [0.4, 0.5) is 5.82 Å². The van der Waals surface area contributed by atoms with E-state index >= 15 is 0 Å². The van der Waals surface area contributed by atoms with Gasteiger partial charge in [0, 0.05) is 32.4 Å². The molecule has 1 aliphatic rings. The number of nitrogens with zero attached hydrogens (tertiary/aromatic N) is 3. The molecule has 1 aromatic rings. The van der Waals surface area contributed by atoms with Gasteiger partial charge in [-0.25, -0.2) is 4.98 Å². The number of likely N-dealkylation sites (N-methyl/N-ethyl adjacent to an activating group) is 1. The first-order chi connectivity index (χ1) is 9.63. The van der Waals surface area contributed by atoms with Crippen molar-refractivity contribution in [2.24, 2.45) is 0 Å². The number of hydrogen-bond donors (Lipinski definition) is 0. The van der Waals surface area contributed by atoms with Gasteiger partial charge in [0.2, 0.25) is 0 Å². The van der Waals surface area contributed by atoms with E-state index in [0.29, 0.717) is 18.7 Å². The van der Waals surface area contributed by atoms with Crippen LogP contribution in [0.25, 0.3) is 0 Å². The molecule has 108 valence electrons. The van der Waals surface area contributed by atoms with Gasteiger partial charge >= 0.3 is 0 Å². The Labute approximate surface area is 121 Å². The summed E-state index contributed by atoms with van der Waals surface area (Å²) >= 11 is 0. The predicted molar refractivity (Wildman–Crippen MR) is 82.1 cm³/mol. The molecular formula is C16H23N3O. The van der Waals surface area contributed by atoms with Crippen LogP contribution in [-0.4, -0.2) is 42.0 Å². The van der Waals surface area contributed by atoms with E-state index in [1.54, 1.807) is 6.20 Å². The average Bonchev–Trinajstić information content (AvgIpc) is 2.98. The van der Waals surface area contributed by atoms with Gasteiger partial charge in [-0.1, -0.05) is 12.2 Å². The molecule has 1 aromatic heterocycles. The molecule has 0 bridgehead atoms. The van der Waals surface area contributed by atoms with Crippen LogP contribution in [0.15, 0.2) is 30.5 Å². The van der Waals surface area contributed by atoms with Gasteiger partial charge in [-0.15, -0.1) is 0 Å². The molecule has 0 spiro atoms. The minimum Gasteiger partial charge on any atom is -0.356 e. The molecule has 1 saturated heterocycles. The number of hydrogen-bond acceptors (Lipinski definition) is 3.